The molecule has 0 amide bonds. The molecule has 0 saturated carbocycles. The summed E-state index contributed by atoms with van der Waals surface area (Å²) in [5.41, 5.74) is 0. The number of nitriles is 1. The predicted molar refractivity (Wildman–Crippen MR) is 43.0 cm³/mol. The summed E-state index contributed by atoms with van der Waals surface area (Å²) in [6, 6.07) is 3.78. The van der Waals surface area contributed by atoms with Crippen LogP contribution >= 0.6 is 0 Å². The zero-order valence-electron chi connectivity index (χ0n) is 6.79. The Morgan fingerprint density at radius 1 is 1.18 bits per heavy atom. The van der Waals surface area contributed by atoms with Crippen LogP contribution in [0.3, 0.4) is 0 Å². The van der Waals surface area contributed by atoms with Crippen molar-refractivity contribution in [3.05, 3.63) is 0 Å². The average Bonchev–Trinajstić information content (AvgIpc) is 2.30. The van der Waals surface area contributed by atoms with E-state index in [0.29, 0.717) is 6.54 Å². The normalized spacial score (nSPS) is 37.0. The third-order valence-electron chi connectivity index (χ3n) is 3.10. The Balaban J connectivity index is 2.04. The highest BCUT2D eigenvalue weighted by Gasteiger charge is 2.35. The van der Waals surface area contributed by atoms with Crippen LogP contribution in [0.5, 0.6) is 0 Å². The quantitative estimate of drug-likeness (QED) is 0.530. The summed E-state index contributed by atoms with van der Waals surface area (Å²) < 4.78 is 0. The second kappa shape index (κ2) is 2.83. The van der Waals surface area contributed by atoms with Crippen LogP contribution in [0.2, 0.25) is 0 Å². The van der Waals surface area contributed by atoms with Gasteiger partial charge in [-0.25, -0.2) is 0 Å². The highest BCUT2D eigenvalue weighted by atomic mass is 15.2. The predicted octanol–water partition coefficient (Wildman–Crippen LogP) is 1.53. The monoisotopic (exact) mass is 150 g/mol. The molecule has 2 bridgehead atoms. The SMILES string of the molecule is N#CCN1C2CCCC1CC2. The lowest BCUT2D eigenvalue weighted by atomic mass is 10.0. The van der Waals surface area contributed by atoms with Gasteiger partial charge in [-0.3, -0.25) is 4.90 Å². The summed E-state index contributed by atoms with van der Waals surface area (Å²) in [5, 5.41) is 8.59. The first-order chi connectivity index (χ1) is 5.42. The number of hydrogen-bond donors (Lipinski definition) is 0. The molecule has 2 atom stereocenters. The van der Waals surface area contributed by atoms with E-state index >= 15 is 0 Å². The molecule has 2 saturated heterocycles. The Bertz CT molecular complexity index is 166. The van der Waals surface area contributed by atoms with Crippen molar-refractivity contribution >= 4 is 0 Å². The molecule has 2 rings (SSSR count). The fraction of sp³-hybridized carbons (Fsp3) is 0.889. The fourth-order valence-electron chi connectivity index (χ4n) is 2.56. The van der Waals surface area contributed by atoms with Crippen molar-refractivity contribution < 1.29 is 0 Å². The van der Waals surface area contributed by atoms with Crippen LogP contribution in [-0.2, 0) is 0 Å². The van der Waals surface area contributed by atoms with Gasteiger partial charge in [-0.2, -0.15) is 5.26 Å². The number of piperidine rings is 1. The van der Waals surface area contributed by atoms with Crippen molar-refractivity contribution in [3.8, 4) is 6.07 Å². The van der Waals surface area contributed by atoms with Crippen molar-refractivity contribution in [1.29, 1.82) is 5.26 Å². The van der Waals surface area contributed by atoms with Crippen LogP contribution in [0, 0.1) is 11.3 Å². The van der Waals surface area contributed by atoms with Gasteiger partial charge in [0, 0.05) is 12.1 Å². The summed E-state index contributed by atoms with van der Waals surface area (Å²) in [6.45, 7) is 0.662. The maximum absolute atomic E-state index is 8.59. The van der Waals surface area contributed by atoms with E-state index in [1.807, 2.05) is 0 Å². The van der Waals surface area contributed by atoms with Crippen molar-refractivity contribution in [2.45, 2.75) is 44.2 Å². The molecule has 0 aliphatic carbocycles. The van der Waals surface area contributed by atoms with E-state index in [0.717, 1.165) is 12.1 Å². The van der Waals surface area contributed by atoms with E-state index in [4.69, 9.17) is 5.26 Å². The fourth-order valence-corrected chi connectivity index (χ4v) is 2.56. The molecule has 0 spiro atoms. The van der Waals surface area contributed by atoms with Gasteiger partial charge in [0.2, 0.25) is 0 Å². The Morgan fingerprint density at radius 2 is 1.82 bits per heavy atom. The standard InChI is InChI=1S/C9H14N2/c10-6-7-11-8-2-1-3-9(11)5-4-8/h8-9H,1-5,7H2. The second-order valence-corrected chi connectivity index (χ2v) is 3.65. The van der Waals surface area contributed by atoms with Crippen molar-refractivity contribution in [1.82, 2.24) is 4.90 Å². The van der Waals surface area contributed by atoms with Crippen LogP contribution in [0.15, 0.2) is 0 Å². The average molecular weight is 150 g/mol. The molecule has 2 fully saturated rings. The maximum atomic E-state index is 8.59. The minimum Gasteiger partial charge on any atom is -0.285 e. The molecule has 2 heteroatoms. The van der Waals surface area contributed by atoms with Crippen LogP contribution in [0.25, 0.3) is 0 Å². The molecular weight excluding hydrogens is 136 g/mol. The zero-order chi connectivity index (χ0) is 7.68. The third-order valence-corrected chi connectivity index (χ3v) is 3.10. The Labute approximate surface area is 67.8 Å². The van der Waals surface area contributed by atoms with E-state index in [2.05, 4.69) is 11.0 Å². The van der Waals surface area contributed by atoms with Gasteiger partial charge >= 0.3 is 0 Å². The summed E-state index contributed by atoms with van der Waals surface area (Å²) in [7, 11) is 0. The molecule has 2 heterocycles. The first-order valence-electron chi connectivity index (χ1n) is 4.54. The highest BCUT2D eigenvalue weighted by molar-refractivity contribution is 4.95. The van der Waals surface area contributed by atoms with E-state index in [9.17, 15) is 0 Å². The molecule has 0 aromatic rings. The smallest absolute Gasteiger partial charge is 0.0870 e. The molecule has 60 valence electrons. The molecule has 0 radical (unpaired) electrons. The Kier molecular flexibility index (Phi) is 1.83. The summed E-state index contributed by atoms with van der Waals surface area (Å²) >= 11 is 0. The van der Waals surface area contributed by atoms with E-state index in [1.54, 1.807) is 0 Å². The molecule has 11 heavy (non-hydrogen) atoms. The van der Waals surface area contributed by atoms with Crippen molar-refractivity contribution in [2.75, 3.05) is 6.54 Å². The molecule has 0 N–H and O–H groups in total. The van der Waals surface area contributed by atoms with Crippen LogP contribution in [0.4, 0.5) is 0 Å². The molecule has 2 nitrogen and oxygen atoms in total. The lowest BCUT2D eigenvalue weighted by Gasteiger charge is -2.32. The third kappa shape index (κ3) is 1.14. The maximum Gasteiger partial charge on any atom is 0.0870 e. The van der Waals surface area contributed by atoms with E-state index in [-0.39, 0.29) is 0 Å². The molecule has 2 aliphatic heterocycles. The van der Waals surface area contributed by atoms with E-state index < -0.39 is 0 Å². The zero-order valence-corrected chi connectivity index (χ0v) is 6.79. The lowest BCUT2D eigenvalue weighted by Crippen LogP contribution is -2.39. The number of hydrogen-bond acceptors (Lipinski definition) is 2. The van der Waals surface area contributed by atoms with Gasteiger partial charge in [-0.15, -0.1) is 0 Å². The summed E-state index contributed by atoms with van der Waals surface area (Å²) in [4.78, 5) is 2.41. The van der Waals surface area contributed by atoms with Crippen LogP contribution in [0.1, 0.15) is 32.1 Å². The summed E-state index contributed by atoms with van der Waals surface area (Å²) in [5.74, 6) is 0. The molecule has 0 aromatic carbocycles. The molecule has 2 unspecified atom stereocenters. The summed E-state index contributed by atoms with van der Waals surface area (Å²) in [6.07, 6.45) is 6.73. The first kappa shape index (κ1) is 7.12. The van der Waals surface area contributed by atoms with Crippen LogP contribution < -0.4 is 0 Å². The van der Waals surface area contributed by atoms with Gasteiger partial charge in [0.1, 0.15) is 0 Å². The van der Waals surface area contributed by atoms with Crippen molar-refractivity contribution in [3.63, 3.8) is 0 Å². The Morgan fingerprint density at radius 3 is 2.36 bits per heavy atom. The number of rotatable bonds is 1. The van der Waals surface area contributed by atoms with Gasteiger partial charge in [-0.1, -0.05) is 6.42 Å². The molecule has 0 aromatic heterocycles. The molecular formula is C9H14N2. The van der Waals surface area contributed by atoms with Gasteiger partial charge in [0.15, 0.2) is 0 Å². The minimum absolute atomic E-state index is 0.662. The van der Waals surface area contributed by atoms with Gasteiger partial charge in [0.05, 0.1) is 12.6 Å². The second-order valence-electron chi connectivity index (χ2n) is 3.65. The lowest BCUT2D eigenvalue weighted by molar-refractivity contribution is 0.160. The van der Waals surface area contributed by atoms with Gasteiger partial charge in [0.25, 0.3) is 0 Å². The van der Waals surface area contributed by atoms with Crippen molar-refractivity contribution in [2.24, 2.45) is 0 Å². The largest absolute Gasteiger partial charge is 0.285 e. The van der Waals surface area contributed by atoms with Gasteiger partial charge < -0.3 is 0 Å². The topological polar surface area (TPSA) is 27.0 Å². The first-order valence-corrected chi connectivity index (χ1v) is 4.54. The Hall–Kier alpha value is -0.550. The van der Waals surface area contributed by atoms with Gasteiger partial charge in [-0.05, 0) is 25.7 Å². The molecule has 2 aliphatic rings. The number of nitrogens with zero attached hydrogens (tertiary/aromatic N) is 2. The highest BCUT2D eigenvalue weighted by Crippen LogP contribution is 2.34. The van der Waals surface area contributed by atoms with Crippen LogP contribution in [-0.4, -0.2) is 23.5 Å². The van der Waals surface area contributed by atoms with E-state index in [1.165, 1.54) is 32.1 Å². The number of fused-ring (bicyclic) bond motifs is 2. The minimum atomic E-state index is 0.662.